The first-order valence-electron chi connectivity index (χ1n) is 11.7. The topological polar surface area (TPSA) is 86.7 Å². The third-order valence-electron chi connectivity index (χ3n) is 6.77. The van der Waals surface area contributed by atoms with Crippen LogP contribution in [0.3, 0.4) is 0 Å². The Morgan fingerprint density at radius 1 is 1.14 bits per heavy atom. The zero-order chi connectivity index (χ0) is 25.7. The SMILES string of the molecule is COc1ccc(/C=c2\sc3n(c2=O)C(c2ccccc2Cl)C2=C(N=3)c3ccccc3CC2)cc1[N+](=O)[O-]. The Morgan fingerprint density at radius 2 is 1.92 bits per heavy atom. The van der Waals surface area contributed by atoms with E-state index in [-0.39, 0.29) is 23.0 Å². The number of fused-ring (bicyclic) bond motifs is 3. The van der Waals surface area contributed by atoms with Crippen LogP contribution in [0, 0.1) is 10.1 Å². The molecule has 6 rings (SSSR count). The number of hydrogen-bond acceptors (Lipinski definition) is 6. The molecular weight excluding hydrogens is 510 g/mol. The fourth-order valence-electron chi connectivity index (χ4n) is 5.09. The fourth-order valence-corrected chi connectivity index (χ4v) is 6.33. The molecule has 1 aromatic heterocycles. The lowest BCUT2D eigenvalue weighted by Gasteiger charge is -2.31. The molecule has 0 bridgehead atoms. The summed E-state index contributed by atoms with van der Waals surface area (Å²) in [6.45, 7) is 0. The van der Waals surface area contributed by atoms with Gasteiger partial charge in [-0.05, 0) is 53.3 Å². The van der Waals surface area contributed by atoms with Crippen LogP contribution in [0.1, 0.15) is 34.7 Å². The molecule has 0 fully saturated rings. The Bertz CT molecular complexity index is 1800. The van der Waals surface area contributed by atoms with Gasteiger partial charge < -0.3 is 4.74 Å². The van der Waals surface area contributed by atoms with E-state index in [1.54, 1.807) is 16.7 Å². The minimum absolute atomic E-state index is 0.161. The minimum atomic E-state index is -0.499. The Labute approximate surface area is 220 Å². The Balaban J connectivity index is 1.60. The first-order chi connectivity index (χ1) is 18.0. The third kappa shape index (κ3) is 3.89. The van der Waals surface area contributed by atoms with Gasteiger partial charge in [-0.25, -0.2) is 4.99 Å². The first-order valence-corrected chi connectivity index (χ1v) is 12.9. The molecule has 1 unspecified atom stereocenters. The third-order valence-corrected chi connectivity index (χ3v) is 8.10. The lowest BCUT2D eigenvalue weighted by Crippen LogP contribution is -2.38. The number of aromatic nitrogens is 1. The molecule has 0 saturated heterocycles. The van der Waals surface area contributed by atoms with Crippen LogP contribution in [0.4, 0.5) is 5.69 Å². The van der Waals surface area contributed by atoms with Crippen molar-refractivity contribution in [3.8, 4) is 5.75 Å². The summed E-state index contributed by atoms with van der Waals surface area (Å²) in [5.41, 5.74) is 5.25. The Kier molecular flexibility index (Phi) is 5.78. The fraction of sp³-hybridized carbons (Fsp3) is 0.143. The van der Waals surface area contributed by atoms with E-state index < -0.39 is 4.92 Å². The summed E-state index contributed by atoms with van der Waals surface area (Å²) in [4.78, 5) is 30.4. The summed E-state index contributed by atoms with van der Waals surface area (Å²) in [7, 11) is 1.38. The number of methoxy groups -OCH3 is 1. The molecule has 7 nitrogen and oxygen atoms in total. The van der Waals surface area contributed by atoms with Gasteiger partial charge in [-0.2, -0.15) is 0 Å². The number of rotatable bonds is 4. The zero-order valence-electron chi connectivity index (χ0n) is 19.7. The number of nitro groups is 1. The molecule has 3 aromatic carbocycles. The molecule has 1 aliphatic heterocycles. The van der Waals surface area contributed by atoms with Crippen LogP contribution >= 0.6 is 22.9 Å². The van der Waals surface area contributed by atoms with Gasteiger partial charge in [-0.3, -0.25) is 19.5 Å². The average molecular weight is 530 g/mol. The van der Waals surface area contributed by atoms with Gasteiger partial charge in [-0.15, -0.1) is 0 Å². The van der Waals surface area contributed by atoms with Crippen LogP contribution in [0.15, 0.2) is 82.1 Å². The number of nitrogens with zero attached hydrogens (tertiary/aromatic N) is 3. The molecular formula is C28H20ClN3O4S. The lowest BCUT2D eigenvalue weighted by molar-refractivity contribution is -0.385. The highest BCUT2D eigenvalue weighted by Gasteiger charge is 2.33. The quantitative estimate of drug-likeness (QED) is 0.278. The summed E-state index contributed by atoms with van der Waals surface area (Å²) >= 11 is 7.94. The number of thiazole rings is 1. The molecule has 4 aromatic rings. The molecule has 2 aliphatic rings. The van der Waals surface area contributed by atoms with Crippen molar-refractivity contribution in [1.82, 2.24) is 4.57 Å². The predicted octanol–water partition coefficient (Wildman–Crippen LogP) is 4.89. The molecule has 0 N–H and O–H groups in total. The van der Waals surface area contributed by atoms with Gasteiger partial charge in [0.15, 0.2) is 10.6 Å². The predicted molar refractivity (Wildman–Crippen MR) is 144 cm³/mol. The van der Waals surface area contributed by atoms with Gasteiger partial charge in [0.05, 0.1) is 28.3 Å². The zero-order valence-corrected chi connectivity index (χ0v) is 21.3. The van der Waals surface area contributed by atoms with Crippen molar-refractivity contribution in [1.29, 1.82) is 0 Å². The standard InChI is InChI=1S/C28H20ClN3O4S/c1-36-23-13-10-16(14-22(23)32(34)35)15-24-27(33)31-26(19-8-4-5-9-21(19)29)20-12-11-17-6-2-3-7-18(17)25(20)30-28(31)37-24/h2-10,13-15,26H,11-12H2,1H3/b24-15-. The molecule has 0 spiro atoms. The summed E-state index contributed by atoms with van der Waals surface area (Å²) in [5, 5.41) is 12.1. The van der Waals surface area contributed by atoms with E-state index in [4.69, 9.17) is 21.3 Å². The van der Waals surface area contributed by atoms with Gasteiger partial charge in [0.1, 0.15) is 0 Å². The van der Waals surface area contributed by atoms with Crippen molar-refractivity contribution in [3.05, 3.63) is 129 Å². The number of ether oxygens (including phenoxy) is 1. The maximum atomic E-state index is 13.8. The van der Waals surface area contributed by atoms with Crippen molar-refractivity contribution in [3.63, 3.8) is 0 Å². The van der Waals surface area contributed by atoms with Crippen molar-refractivity contribution in [2.45, 2.75) is 18.9 Å². The van der Waals surface area contributed by atoms with Crippen molar-refractivity contribution in [2.75, 3.05) is 7.11 Å². The van der Waals surface area contributed by atoms with Gasteiger partial charge in [-0.1, -0.05) is 71.5 Å². The number of benzene rings is 3. The summed E-state index contributed by atoms with van der Waals surface area (Å²) in [6, 6.07) is 20.0. The number of allylic oxidation sites excluding steroid dienone is 1. The molecule has 0 amide bonds. The van der Waals surface area contributed by atoms with Crippen LogP contribution in [0.2, 0.25) is 5.02 Å². The minimum Gasteiger partial charge on any atom is -0.490 e. The highest BCUT2D eigenvalue weighted by atomic mass is 35.5. The maximum absolute atomic E-state index is 13.8. The van der Waals surface area contributed by atoms with Crippen molar-refractivity contribution >= 4 is 40.4 Å². The second kappa shape index (κ2) is 9.14. The normalized spacial score (nSPS) is 16.5. The average Bonchev–Trinajstić information content (AvgIpc) is 3.22. The van der Waals surface area contributed by atoms with E-state index in [9.17, 15) is 14.9 Å². The van der Waals surface area contributed by atoms with E-state index in [1.165, 1.54) is 36.1 Å². The Morgan fingerprint density at radius 3 is 2.70 bits per heavy atom. The van der Waals surface area contributed by atoms with Crippen LogP contribution < -0.4 is 19.6 Å². The monoisotopic (exact) mass is 529 g/mol. The van der Waals surface area contributed by atoms with E-state index in [1.807, 2.05) is 36.4 Å². The molecule has 1 atom stereocenters. The van der Waals surface area contributed by atoms with Gasteiger partial charge in [0.2, 0.25) is 0 Å². The van der Waals surface area contributed by atoms with E-state index >= 15 is 0 Å². The number of hydrogen-bond donors (Lipinski definition) is 0. The second-order valence-corrected chi connectivity index (χ2v) is 10.2. The van der Waals surface area contributed by atoms with E-state index in [2.05, 4.69) is 12.1 Å². The second-order valence-electron chi connectivity index (χ2n) is 8.82. The maximum Gasteiger partial charge on any atom is 0.311 e. The van der Waals surface area contributed by atoms with E-state index in [0.29, 0.717) is 19.9 Å². The molecule has 0 saturated carbocycles. The number of halogens is 1. The largest absolute Gasteiger partial charge is 0.490 e. The number of aryl methyl sites for hydroxylation is 1. The molecule has 1 aliphatic carbocycles. The van der Waals surface area contributed by atoms with Crippen LogP contribution in [0.5, 0.6) is 5.75 Å². The van der Waals surface area contributed by atoms with Crippen molar-refractivity contribution in [2.24, 2.45) is 4.99 Å². The highest BCUT2D eigenvalue weighted by molar-refractivity contribution is 7.07. The molecule has 0 radical (unpaired) electrons. The molecule has 2 heterocycles. The smallest absolute Gasteiger partial charge is 0.311 e. The van der Waals surface area contributed by atoms with Crippen molar-refractivity contribution < 1.29 is 9.66 Å². The van der Waals surface area contributed by atoms with Gasteiger partial charge >= 0.3 is 5.69 Å². The lowest BCUT2D eigenvalue weighted by atomic mass is 9.83. The number of nitro benzene ring substituents is 1. The summed E-state index contributed by atoms with van der Waals surface area (Å²) < 4.78 is 7.25. The van der Waals surface area contributed by atoms with Crippen LogP contribution in [-0.4, -0.2) is 16.6 Å². The Hall–Kier alpha value is -4.01. The van der Waals surface area contributed by atoms with Gasteiger partial charge in [0.25, 0.3) is 5.56 Å². The first kappa shape index (κ1) is 23.4. The summed E-state index contributed by atoms with van der Waals surface area (Å²) in [5.74, 6) is 0.161. The van der Waals surface area contributed by atoms with Crippen LogP contribution in [-0.2, 0) is 6.42 Å². The highest BCUT2D eigenvalue weighted by Crippen LogP contribution is 2.42. The van der Waals surface area contributed by atoms with Gasteiger partial charge in [0, 0.05) is 16.7 Å². The molecule has 9 heteroatoms. The van der Waals surface area contributed by atoms with Crippen LogP contribution in [0.25, 0.3) is 11.8 Å². The molecule has 37 heavy (non-hydrogen) atoms. The van der Waals surface area contributed by atoms with E-state index in [0.717, 1.165) is 35.2 Å². The molecule has 184 valence electrons. The summed E-state index contributed by atoms with van der Waals surface area (Å²) in [6.07, 6.45) is 3.28.